The van der Waals surface area contributed by atoms with Crippen LogP contribution in [0.2, 0.25) is 0 Å². The summed E-state index contributed by atoms with van der Waals surface area (Å²) in [5, 5.41) is 8.40. The van der Waals surface area contributed by atoms with Gasteiger partial charge < -0.3 is 9.47 Å². The highest BCUT2D eigenvalue weighted by molar-refractivity contribution is 5.37. The lowest BCUT2D eigenvalue weighted by atomic mass is 10.2. The molecule has 7 heteroatoms. The van der Waals surface area contributed by atoms with E-state index in [0.717, 1.165) is 6.07 Å². The van der Waals surface area contributed by atoms with Gasteiger partial charge in [-0.3, -0.25) is 0 Å². The second kappa shape index (κ2) is 4.70. The molecule has 0 fully saturated rings. The topological polar surface area (TPSA) is 55.1 Å². The minimum atomic E-state index is -4.82. The summed E-state index contributed by atoms with van der Waals surface area (Å²) >= 11 is 0. The minimum absolute atomic E-state index is 0.0504. The quantitative estimate of drug-likeness (QED) is 0.800. The van der Waals surface area contributed by atoms with E-state index in [2.05, 4.69) is 14.5 Å². The molecule has 0 aromatic carbocycles. The van der Waals surface area contributed by atoms with Gasteiger partial charge in [0.15, 0.2) is 5.75 Å². The number of alkyl halides is 3. The third-order valence-electron chi connectivity index (χ3n) is 1.58. The molecule has 0 aliphatic rings. The predicted molar refractivity (Wildman–Crippen MR) is 46.8 cm³/mol. The third kappa shape index (κ3) is 3.31. The van der Waals surface area contributed by atoms with Crippen LogP contribution in [-0.4, -0.2) is 18.5 Å². The smallest absolute Gasteiger partial charge is 0.478 e. The Labute approximate surface area is 89.2 Å². The summed E-state index contributed by atoms with van der Waals surface area (Å²) in [6.07, 6.45) is -3.61. The highest BCUT2D eigenvalue weighted by Gasteiger charge is 2.32. The van der Waals surface area contributed by atoms with E-state index in [1.165, 1.54) is 13.3 Å². The van der Waals surface area contributed by atoms with Crippen molar-refractivity contribution in [3.05, 3.63) is 17.8 Å². The Kier molecular flexibility index (Phi) is 3.55. The van der Waals surface area contributed by atoms with Crippen LogP contribution in [0.3, 0.4) is 0 Å². The summed E-state index contributed by atoms with van der Waals surface area (Å²) in [5.74, 6) is -0.832. The number of rotatable bonds is 3. The van der Waals surface area contributed by atoms with Crippen molar-refractivity contribution >= 4 is 0 Å². The zero-order chi connectivity index (χ0) is 12.2. The average molecular weight is 232 g/mol. The van der Waals surface area contributed by atoms with Crippen LogP contribution in [-0.2, 0) is 6.42 Å². The van der Waals surface area contributed by atoms with Crippen molar-refractivity contribution in [2.24, 2.45) is 0 Å². The summed E-state index contributed by atoms with van der Waals surface area (Å²) < 4.78 is 44.3. The molecule has 0 amide bonds. The molecule has 0 aliphatic carbocycles. The van der Waals surface area contributed by atoms with Crippen LogP contribution in [0.4, 0.5) is 13.2 Å². The number of pyridine rings is 1. The zero-order valence-electron chi connectivity index (χ0n) is 8.21. The fraction of sp³-hybridized carbons (Fsp3) is 0.333. The van der Waals surface area contributed by atoms with Gasteiger partial charge in [0.1, 0.15) is 0 Å². The van der Waals surface area contributed by atoms with Gasteiger partial charge in [0, 0.05) is 6.20 Å². The predicted octanol–water partition coefficient (Wildman–Crippen LogP) is 2.05. The highest BCUT2D eigenvalue weighted by Crippen LogP contribution is 2.30. The summed E-state index contributed by atoms with van der Waals surface area (Å²) in [6.45, 7) is 0. The van der Waals surface area contributed by atoms with E-state index in [1.54, 1.807) is 6.07 Å². The van der Waals surface area contributed by atoms with E-state index in [0.29, 0.717) is 5.56 Å². The molecule has 0 radical (unpaired) electrons. The van der Waals surface area contributed by atoms with Crippen LogP contribution in [0.5, 0.6) is 11.6 Å². The second-order valence-electron chi connectivity index (χ2n) is 2.73. The summed E-state index contributed by atoms with van der Waals surface area (Å²) in [4.78, 5) is 3.60. The number of methoxy groups -OCH3 is 1. The molecule has 86 valence electrons. The average Bonchev–Trinajstić information content (AvgIpc) is 2.16. The van der Waals surface area contributed by atoms with E-state index < -0.39 is 12.1 Å². The van der Waals surface area contributed by atoms with Gasteiger partial charge in [-0.1, -0.05) is 0 Å². The summed E-state index contributed by atoms with van der Waals surface area (Å²) in [5.41, 5.74) is 0.322. The molecule has 0 spiro atoms. The van der Waals surface area contributed by atoms with Crippen molar-refractivity contribution in [2.75, 3.05) is 7.11 Å². The van der Waals surface area contributed by atoms with E-state index in [4.69, 9.17) is 5.26 Å². The van der Waals surface area contributed by atoms with Gasteiger partial charge >= 0.3 is 6.36 Å². The molecule has 0 aliphatic heterocycles. The fourth-order valence-electron chi connectivity index (χ4n) is 1.01. The molecule has 0 atom stereocenters. The van der Waals surface area contributed by atoms with E-state index in [-0.39, 0.29) is 12.3 Å². The van der Waals surface area contributed by atoms with E-state index in [9.17, 15) is 13.2 Å². The van der Waals surface area contributed by atoms with Gasteiger partial charge in [0.2, 0.25) is 0 Å². The van der Waals surface area contributed by atoms with Gasteiger partial charge in [-0.2, -0.15) is 5.26 Å². The van der Waals surface area contributed by atoms with Crippen LogP contribution >= 0.6 is 0 Å². The van der Waals surface area contributed by atoms with Gasteiger partial charge in [-0.05, 0) is 11.6 Å². The van der Waals surface area contributed by atoms with Gasteiger partial charge in [-0.15, -0.1) is 13.2 Å². The summed E-state index contributed by atoms with van der Waals surface area (Å²) in [6, 6.07) is 2.87. The number of hydrogen-bond acceptors (Lipinski definition) is 4. The van der Waals surface area contributed by atoms with Crippen LogP contribution in [0.1, 0.15) is 5.56 Å². The molecule has 0 saturated heterocycles. The largest absolute Gasteiger partial charge is 0.573 e. The molecule has 0 bridgehead atoms. The van der Waals surface area contributed by atoms with Crippen LogP contribution in [0.25, 0.3) is 0 Å². The Balaban J connectivity index is 3.03. The Morgan fingerprint density at radius 1 is 1.50 bits per heavy atom. The van der Waals surface area contributed by atoms with Crippen molar-refractivity contribution in [2.45, 2.75) is 12.8 Å². The molecule has 0 unspecified atom stereocenters. The maximum Gasteiger partial charge on any atom is 0.573 e. The number of hydrogen-bond donors (Lipinski definition) is 0. The second-order valence-corrected chi connectivity index (χ2v) is 2.73. The lowest BCUT2D eigenvalue weighted by Crippen LogP contribution is -2.18. The number of nitrogens with zero attached hydrogens (tertiary/aromatic N) is 2. The first-order valence-electron chi connectivity index (χ1n) is 4.12. The first kappa shape index (κ1) is 12.1. The molecule has 1 rings (SSSR count). The standard InChI is InChI=1S/C9H7F3N2O2/c1-15-8-7(16-9(10,11)12)4-6(2-3-13)5-14-8/h4-5H,2H2,1H3. The maximum atomic E-state index is 12.0. The zero-order valence-corrected chi connectivity index (χ0v) is 8.21. The van der Waals surface area contributed by atoms with Crippen LogP contribution in [0.15, 0.2) is 12.3 Å². The van der Waals surface area contributed by atoms with Gasteiger partial charge in [0.05, 0.1) is 19.6 Å². The first-order valence-corrected chi connectivity index (χ1v) is 4.12. The summed E-state index contributed by atoms with van der Waals surface area (Å²) in [7, 11) is 1.18. The van der Waals surface area contributed by atoms with Crippen molar-refractivity contribution in [1.29, 1.82) is 5.26 Å². The Morgan fingerprint density at radius 2 is 2.19 bits per heavy atom. The lowest BCUT2D eigenvalue weighted by Gasteiger charge is -2.11. The van der Waals surface area contributed by atoms with Gasteiger partial charge in [-0.25, -0.2) is 4.98 Å². The number of aromatic nitrogens is 1. The number of ether oxygens (including phenoxy) is 2. The normalized spacial score (nSPS) is 10.7. The first-order chi connectivity index (χ1) is 7.46. The molecule has 1 heterocycles. The van der Waals surface area contributed by atoms with Crippen molar-refractivity contribution in [3.63, 3.8) is 0 Å². The maximum absolute atomic E-state index is 12.0. The van der Waals surface area contributed by atoms with Crippen molar-refractivity contribution in [1.82, 2.24) is 4.98 Å². The number of halogens is 3. The molecule has 16 heavy (non-hydrogen) atoms. The molecular formula is C9H7F3N2O2. The molecule has 1 aromatic heterocycles. The molecular weight excluding hydrogens is 225 g/mol. The third-order valence-corrected chi connectivity index (χ3v) is 1.58. The van der Waals surface area contributed by atoms with E-state index >= 15 is 0 Å². The fourth-order valence-corrected chi connectivity index (χ4v) is 1.01. The van der Waals surface area contributed by atoms with E-state index in [1.807, 2.05) is 0 Å². The number of nitriles is 1. The monoisotopic (exact) mass is 232 g/mol. The van der Waals surface area contributed by atoms with Crippen LogP contribution < -0.4 is 9.47 Å². The minimum Gasteiger partial charge on any atom is -0.478 e. The Hall–Kier alpha value is -1.97. The molecule has 0 N–H and O–H groups in total. The van der Waals surface area contributed by atoms with Gasteiger partial charge in [0.25, 0.3) is 5.88 Å². The molecule has 1 aromatic rings. The Morgan fingerprint density at radius 3 is 2.69 bits per heavy atom. The van der Waals surface area contributed by atoms with Crippen LogP contribution in [0, 0.1) is 11.3 Å². The van der Waals surface area contributed by atoms with Crippen molar-refractivity contribution < 1.29 is 22.6 Å². The molecule has 4 nitrogen and oxygen atoms in total. The lowest BCUT2D eigenvalue weighted by molar-refractivity contribution is -0.275. The highest BCUT2D eigenvalue weighted by atomic mass is 19.4. The Bertz CT molecular complexity index is 412. The SMILES string of the molecule is COc1ncc(CC#N)cc1OC(F)(F)F. The molecule has 0 saturated carbocycles. The van der Waals surface area contributed by atoms with Crippen molar-refractivity contribution in [3.8, 4) is 17.7 Å².